The Morgan fingerprint density at radius 1 is 1.43 bits per heavy atom. The van der Waals surface area contributed by atoms with Crippen LogP contribution in [0, 0.1) is 0 Å². The number of benzene rings is 1. The summed E-state index contributed by atoms with van der Waals surface area (Å²) in [6.45, 7) is 6.61. The standard InChI is InChI=1S/C16H19NO3S/c1-4-20-12-7-5-6-11(8-12)16-17-15(10(2)3)13(21-16)9-14(18)19/h5-8,10H,4,9H2,1-3H3,(H,18,19). The summed E-state index contributed by atoms with van der Waals surface area (Å²) in [7, 11) is 0. The molecule has 0 aliphatic carbocycles. The third-order valence-electron chi connectivity index (χ3n) is 2.98. The Balaban J connectivity index is 2.39. The summed E-state index contributed by atoms with van der Waals surface area (Å²) < 4.78 is 5.50. The predicted molar refractivity (Wildman–Crippen MR) is 84.1 cm³/mol. The zero-order valence-corrected chi connectivity index (χ0v) is 13.2. The smallest absolute Gasteiger partial charge is 0.308 e. The van der Waals surface area contributed by atoms with Gasteiger partial charge < -0.3 is 9.84 Å². The van der Waals surface area contributed by atoms with Crippen LogP contribution in [0.4, 0.5) is 0 Å². The van der Waals surface area contributed by atoms with E-state index >= 15 is 0 Å². The number of rotatable bonds is 6. The maximum atomic E-state index is 11.0. The Hall–Kier alpha value is -1.88. The molecule has 2 rings (SSSR count). The van der Waals surface area contributed by atoms with Crippen LogP contribution in [-0.4, -0.2) is 22.7 Å². The number of carbonyl (C=O) groups is 1. The summed E-state index contributed by atoms with van der Waals surface area (Å²) >= 11 is 1.45. The minimum atomic E-state index is -0.824. The Morgan fingerprint density at radius 3 is 2.81 bits per heavy atom. The first kappa shape index (κ1) is 15.5. The van der Waals surface area contributed by atoms with Crippen molar-refractivity contribution in [3.63, 3.8) is 0 Å². The van der Waals surface area contributed by atoms with Crippen molar-refractivity contribution in [2.75, 3.05) is 6.61 Å². The van der Waals surface area contributed by atoms with Gasteiger partial charge in [0.15, 0.2) is 0 Å². The number of aromatic nitrogens is 1. The molecule has 0 saturated heterocycles. The molecular weight excluding hydrogens is 286 g/mol. The van der Waals surface area contributed by atoms with Gasteiger partial charge in [-0.3, -0.25) is 4.79 Å². The number of hydrogen-bond acceptors (Lipinski definition) is 4. The minimum absolute atomic E-state index is 0.0241. The van der Waals surface area contributed by atoms with E-state index in [2.05, 4.69) is 4.98 Å². The van der Waals surface area contributed by atoms with Gasteiger partial charge in [0.2, 0.25) is 0 Å². The van der Waals surface area contributed by atoms with Crippen LogP contribution in [-0.2, 0) is 11.2 Å². The SMILES string of the molecule is CCOc1cccc(-c2nc(C(C)C)c(CC(=O)O)s2)c1. The van der Waals surface area contributed by atoms with Crippen molar-refractivity contribution >= 4 is 17.3 Å². The number of hydrogen-bond donors (Lipinski definition) is 1. The van der Waals surface area contributed by atoms with Crippen LogP contribution in [0.2, 0.25) is 0 Å². The second kappa shape index (κ2) is 6.72. The van der Waals surface area contributed by atoms with E-state index in [1.54, 1.807) is 0 Å². The molecule has 4 nitrogen and oxygen atoms in total. The first-order chi connectivity index (χ1) is 10.0. The van der Waals surface area contributed by atoms with E-state index in [9.17, 15) is 4.79 Å². The molecule has 0 unspecified atom stereocenters. The zero-order chi connectivity index (χ0) is 15.4. The lowest BCUT2D eigenvalue weighted by molar-refractivity contribution is -0.136. The fourth-order valence-corrected chi connectivity index (χ4v) is 3.29. The monoisotopic (exact) mass is 305 g/mol. The highest BCUT2D eigenvalue weighted by atomic mass is 32.1. The van der Waals surface area contributed by atoms with Crippen molar-refractivity contribution in [3.05, 3.63) is 34.8 Å². The summed E-state index contributed by atoms with van der Waals surface area (Å²) in [5, 5.41) is 9.87. The lowest BCUT2D eigenvalue weighted by atomic mass is 10.1. The molecule has 1 aromatic heterocycles. The van der Waals surface area contributed by atoms with Crippen molar-refractivity contribution in [1.29, 1.82) is 0 Å². The van der Waals surface area contributed by atoms with Gasteiger partial charge in [0.1, 0.15) is 10.8 Å². The van der Waals surface area contributed by atoms with Crippen molar-refractivity contribution in [2.45, 2.75) is 33.1 Å². The lowest BCUT2D eigenvalue weighted by Crippen LogP contribution is -2.02. The largest absolute Gasteiger partial charge is 0.494 e. The van der Waals surface area contributed by atoms with Crippen LogP contribution >= 0.6 is 11.3 Å². The van der Waals surface area contributed by atoms with Gasteiger partial charge in [0.05, 0.1) is 18.7 Å². The number of ether oxygens (including phenoxy) is 1. The molecule has 0 aliphatic rings. The van der Waals surface area contributed by atoms with E-state index in [4.69, 9.17) is 9.84 Å². The van der Waals surface area contributed by atoms with Gasteiger partial charge in [0, 0.05) is 10.4 Å². The van der Waals surface area contributed by atoms with Gasteiger partial charge in [-0.2, -0.15) is 0 Å². The second-order valence-electron chi connectivity index (χ2n) is 5.01. The van der Waals surface area contributed by atoms with Crippen molar-refractivity contribution in [1.82, 2.24) is 4.98 Å². The quantitative estimate of drug-likeness (QED) is 0.877. The molecule has 112 valence electrons. The topological polar surface area (TPSA) is 59.4 Å². The van der Waals surface area contributed by atoms with E-state index in [0.29, 0.717) is 6.61 Å². The van der Waals surface area contributed by atoms with Crippen molar-refractivity contribution in [3.8, 4) is 16.3 Å². The fraction of sp³-hybridized carbons (Fsp3) is 0.375. The lowest BCUT2D eigenvalue weighted by Gasteiger charge is -2.04. The number of thiazole rings is 1. The van der Waals surface area contributed by atoms with E-state index in [-0.39, 0.29) is 12.3 Å². The summed E-state index contributed by atoms with van der Waals surface area (Å²) in [5.41, 5.74) is 1.84. The average Bonchev–Trinajstić information content (AvgIpc) is 2.83. The van der Waals surface area contributed by atoms with Gasteiger partial charge in [-0.05, 0) is 25.0 Å². The highest BCUT2D eigenvalue weighted by Gasteiger charge is 2.17. The molecule has 0 spiro atoms. The van der Waals surface area contributed by atoms with E-state index in [1.807, 2.05) is 45.0 Å². The Bertz CT molecular complexity index is 634. The molecule has 0 radical (unpaired) electrons. The van der Waals surface area contributed by atoms with Gasteiger partial charge in [-0.15, -0.1) is 11.3 Å². The summed E-state index contributed by atoms with van der Waals surface area (Å²) in [4.78, 5) is 16.4. The van der Waals surface area contributed by atoms with Gasteiger partial charge in [0.25, 0.3) is 0 Å². The molecule has 1 N–H and O–H groups in total. The fourth-order valence-electron chi connectivity index (χ4n) is 2.09. The maximum Gasteiger partial charge on any atom is 0.308 e. The highest BCUT2D eigenvalue weighted by molar-refractivity contribution is 7.15. The molecule has 0 fully saturated rings. The molecule has 1 heterocycles. The summed E-state index contributed by atoms with van der Waals surface area (Å²) in [6, 6.07) is 7.74. The Morgan fingerprint density at radius 2 is 2.19 bits per heavy atom. The van der Waals surface area contributed by atoms with E-state index in [1.165, 1.54) is 11.3 Å². The Labute approximate surface area is 128 Å². The van der Waals surface area contributed by atoms with Gasteiger partial charge in [-0.1, -0.05) is 26.0 Å². The van der Waals surface area contributed by atoms with Crippen molar-refractivity contribution in [2.24, 2.45) is 0 Å². The third-order valence-corrected chi connectivity index (χ3v) is 4.10. The minimum Gasteiger partial charge on any atom is -0.494 e. The second-order valence-corrected chi connectivity index (χ2v) is 6.10. The number of carboxylic acid groups (broad SMARTS) is 1. The number of carboxylic acids is 1. The summed E-state index contributed by atoms with van der Waals surface area (Å²) in [5.74, 6) is 0.186. The molecule has 0 saturated carbocycles. The molecule has 0 bridgehead atoms. The molecule has 0 aliphatic heterocycles. The zero-order valence-electron chi connectivity index (χ0n) is 12.4. The molecule has 0 amide bonds. The van der Waals surface area contributed by atoms with Crippen LogP contribution < -0.4 is 4.74 Å². The summed E-state index contributed by atoms with van der Waals surface area (Å²) in [6.07, 6.45) is 0.0241. The van der Waals surface area contributed by atoms with Crippen LogP contribution in [0.15, 0.2) is 24.3 Å². The molecule has 0 atom stereocenters. The molecule has 2 aromatic rings. The average molecular weight is 305 g/mol. The van der Waals surface area contributed by atoms with Gasteiger partial charge in [-0.25, -0.2) is 4.98 Å². The Kier molecular flexibility index (Phi) is 4.96. The van der Waals surface area contributed by atoms with E-state index < -0.39 is 5.97 Å². The highest BCUT2D eigenvalue weighted by Crippen LogP contribution is 2.33. The normalized spacial score (nSPS) is 10.9. The van der Waals surface area contributed by atoms with Crippen LogP contribution in [0.5, 0.6) is 5.75 Å². The van der Waals surface area contributed by atoms with Crippen molar-refractivity contribution < 1.29 is 14.6 Å². The van der Waals surface area contributed by atoms with Crippen LogP contribution in [0.3, 0.4) is 0 Å². The number of nitrogens with zero attached hydrogens (tertiary/aromatic N) is 1. The molecule has 21 heavy (non-hydrogen) atoms. The van der Waals surface area contributed by atoms with Crippen LogP contribution in [0.25, 0.3) is 10.6 Å². The van der Waals surface area contributed by atoms with Gasteiger partial charge >= 0.3 is 5.97 Å². The number of aliphatic carboxylic acids is 1. The first-order valence-corrected chi connectivity index (χ1v) is 7.77. The van der Waals surface area contributed by atoms with Crippen LogP contribution in [0.1, 0.15) is 37.3 Å². The molecule has 5 heteroatoms. The molecular formula is C16H19NO3S. The van der Waals surface area contributed by atoms with E-state index in [0.717, 1.165) is 26.9 Å². The third kappa shape index (κ3) is 3.82. The predicted octanol–water partition coefficient (Wildman–Crippen LogP) is 3.96. The molecule has 1 aromatic carbocycles. The first-order valence-electron chi connectivity index (χ1n) is 6.95. The maximum absolute atomic E-state index is 11.0.